The quantitative estimate of drug-likeness (QED) is 0.598. The standard InChI is InChI=1S/C25H29N5O4/c1-4-33-21-11-6-5-10-20(21)26-25(32)30-13-12-29(16-18(30)3)23(31)15-22-27-24(34-28-22)19-9-7-8-17(2)14-19/h5-11,14,18H,4,12-13,15-16H2,1-3H3,(H,26,32). The Bertz CT molecular complexity index is 1160. The van der Waals surface area contributed by atoms with Gasteiger partial charge in [0.2, 0.25) is 5.91 Å². The van der Waals surface area contributed by atoms with Gasteiger partial charge in [-0.05, 0) is 45.0 Å². The molecule has 1 aliphatic rings. The van der Waals surface area contributed by atoms with Gasteiger partial charge in [-0.2, -0.15) is 4.98 Å². The number of hydrogen-bond donors (Lipinski definition) is 1. The SMILES string of the molecule is CCOc1ccccc1NC(=O)N1CCN(C(=O)Cc2noc(-c3cccc(C)c3)n2)CC1C. The molecular weight excluding hydrogens is 434 g/mol. The monoisotopic (exact) mass is 463 g/mol. The summed E-state index contributed by atoms with van der Waals surface area (Å²) in [6.07, 6.45) is 0.0516. The van der Waals surface area contributed by atoms with Crippen LogP contribution < -0.4 is 10.1 Å². The Labute approximate surface area is 198 Å². The van der Waals surface area contributed by atoms with Gasteiger partial charge in [0.15, 0.2) is 5.82 Å². The van der Waals surface area contributed by atoms with Gasteiger partial charge in [0, 0.05) is 31.2 Å². The van der Waals surface area contributed by atoms with E-state index in [1.54, 1.807) is 9.80 Å². The summed E-state index contributed by atoms with van der Waals surface area (Å²) in [7, 11) is 0. The van der Waals surface area contributed by atoms with Crippen LogP contribution in [0.2, 0.25) is 0 Å². The molecule has 1 saturated heterocycles. The lowest BCUT2D eigenvalue weighted by atomic mass is 10.1. The molecule has 4 rings (SSSR count). The average molecular weight is 464 g/mol. The maximum atomic E-state index is 12.9. The fourth-order valence-corrected chi connectivity index (χ4v) is 3.99. The third-order valence-electron chi connectivity index (χ3n) is 5.71. The topological polar surface area (TPSA) is 101 Å². The molecule has 2 heterocycles. The van der Waals surface area contributed by atoms with Crippen molar-refractivity contribution in [3.63, 3.8) is 0 Å². The average Bonchev–Trinajstić information content (AvgIpc) is 3.29. The van der Waals surface area contributed by atoms with Gasteiger partial charge in [0.05, 0.1) is 18.7 Å². The predicted octanol–water partition coefficient (Wildman–Crippen LogP) is 3.75. The molecule has 1 unspecified atom stereocenters. The Balaban J connectivity index is 1.33. The number of carbonyl (C=O) groups is 2. The molecule has 1 atom stereocenters. The number of aromatic nitrogens is 2. The summed E-state index contributed by atoms with van der Waals surface area (Å²) < 4.78 is 10.9. The molecule has 9 nitrogen and oxygen atoms in total. The highest BCUT2D eigenvalue weighted by atomic mass is 16.5. The van der Waals surface area contributed by atoms with E-state index >= 15 is 0 Å². The van der Waals surface area contributed by atoms with Gasteiger partial charge in [-0.15, -0.1) is 0 Å². The van der Waals surface area contributed by atoms with Crippen LogP contribution in [0, 0.1) is 6.92 Å². The zero-order valence-corrected chi connectivity index (χ0v) is 19.7. The van der Waals surface area contributed by atoms with Crippen molar-refractivity contribution in [1.29, 1.82) is 0 Å². The summed E-state index contributed by atoms with van der Waals surface area (Å²) in [6.45, 7) is 7.62. The van der Waals surface area contributed by atoms with E-state index in [4.69, 9.17) is 9.26 Å². The van der Waals surface area contributed by atoms with Gasteiger partial charge in [0.1, 0.15) is 5.75 Å². The van der Waals surface area contributed by atoms with Gasteiger partial charge in [-0.25, -0.2) is 4.79 Å². The molecule has 1 fully saturated rings. The van der Waals surface area contributed by atoms with Crippen molar-refractivity contribution in [1.82, 2.24) is 19.9 Å². The Kier molecular flexibility index (Phi) is 7.10. The molecule has 0 saturated carbocycles. The van der Waals surface area contributed by atoms with Crippen molar-refractivity contribution in [3.05, 3.63) is 59.9 Å². The maximum absolute atomic E-state index is 12.9. The molecule has 0 spiro atoms. The number of nitrogens with zero attached hydrogens (tertiary/aromatic N) is 4. The van der Waals surface area contributed by atoms with Crippen LogP contribution in [0.15, 0.2) is 53.1 Å². The molecule has 0 aliphatic carbocycles. The van der Waals surface area contributed by atoms with Crippen molar-refractivity contribution in [2.24, 2.45) is 0 Å². The van der Waals surface area contributed by atoms with E-state index in [-0.39, 0.29) is 24.4 Å². The highest BCUT2D eigenvalue weighted by Gasteiger charge is 2.30. The Hall–Kier alpha value is -3.88. The molecule has 0 bridgehead atoms. The Morgan fingerprint density at radius 1 is 1.18 bits per heavy atom. The minimum absolute atomic E-state index is 0.0516. The first kappa shape index (κ1) is 23.3. The first-order valence-electron chi connectivity index (χ1n) is 11.4. The molecule has 9 heteroatoms. The third kappa shape index (κ3) is 5.36. The molecule has 0 radical (unpaired) electrons. The first-order valence-corrected chi connectivity index (χ1v) is 11.4. The molecule has 34 heavy (non-hydrogen) atoms. The summed E-state index contributed by atoms with van der Waals surface area (Å²) in [5, 5.41) is 6.90. The maximum Gasteiger partial charge on any atom is 0.322 e. The normalized spacial score (nSPS) is 15.8. The summed E-state index contributed by atoms with van der Waals surface area (Å²) in [5.74, 6) is 1.28. The second-order valence-electron chi connectivity index (χ2n) is 8.30. The number of rotatable bonds is 6. The van der Waals surface area contributed by atoms with Crippen molar-refractivity contribution >= 4 is 17.6 Å². The number of piperazine rings is 1. The number of aryl methyl sites for hydroxylation is 1. The van der Waals surface area contributed by atoms with E-state index in [0.717, 1.165) is 11.1 Å². The van der Waals surface area contributed by atoms with Gasteiger partial charge in [0.25, 0.3) is 5.89 Å². The first-order chi connectivity index (χ1) is 16.4. The number of amides is 3. The van der Waals surface area contributed by atoms with Gasteiger partial charge < -0.3 is 24.4 Å². The molecule has 178 valence electrons. The van der Waals surface area contributed by atoms with Crippen LogP contribution in [-0.2, 0) is 11.2 Å². The second kappa shape index (κ2) is 10.4. The molecular formula is C25H29N5O4. The van der Waals surface area contributed by atoms with E-state index in [2.05, 4.69) is 15.5 Å². The Morgan fingerprint density at radius 3 is 2.76 bits per heavy atom. The summed E-state index contributed by atoms with van der Waals surface area (Å²) >= 11 is 0. The smallest absolute Gasteiger partial charge is 0.322 e. The van der Waals surface area contributed by atoms with Gasteiger partial charge >= 0.3 is 6.03 Å². The van der Waals surface area contributed by atoms with Crippen LogP contribution in [0.25, 0.3) is 11.5 Å². The fraction of sp³-hybridized carbons (Fsp3) is 0.360. The number of benzene rings is 2. The highest BCUT2D eigenvalue weighted by Crippen LogP contribution is 2.25. The molecule has 2 aromatic carbocycles. The number of anilines is 1. The minimum atomic E-state index is -0.215. The van der Waals surface area contributed by atoms with Gasteiger partial charge in [-0.1, -0.05) is 35.0 Å². The van der Waals surface area contributed by atoms with Crippen LogP contribution in [0.5, 0.6) is 5.75 Å². The Morgan fingerprint density at radius 2 is 2.00 bits per heavy atom. The van der Waals surface area contributed by atoms with Crippen molar-refractivity contribution in [3.8, 4) is 17.2 Å². The lowest BCUT2D eigenvalue weighted by Gasteiger charge is -2.39. The largest absolute Gasteiger partial charge is 0.492 e. The second-order valence-corrected chi connectivity index (χ2v) is 8.30. The molecule has 3 amide bonds. The zero-order valence-electron chi connectivity index (χ0n) is 19.7. The number of para-hydroxylation sites is 2. The van der Waals surface area contributed by atoms with Crippen LogP contribution in [0.1, 0.15) is 25.2 Å². The molecule has 1 aromatic heterocycles. The van der Waals surface area contributed by atoms with Crippen LogP contribution >= 0.6 is 0 Å². The summed E-state index contributed by atoms with van der Waals surface area (Å²) in [4.78, 5) is 33.6. The molecule has 1 aliphatic heterocycles. The highest BCUT2D eigenvalue weighted by molar-refractivity contribution is 5.91. The number of carbonyl (C=O) groups excluding carboxylic acids is 2. The van der Waals surface area contributed by atoms with Crippen molar-refractivity contribution in [2.45, 2.75) is 33.2 Å². The van der Waals surface area contributed by atoms with Crippen molar-refractivity contribution < 1.29 is 18.8 Å². The summed E-state index contributed by atoms with van der Waals surface area (Å²) in [6, 6.07) is 14.7. The lowest BCUT2D eigenvalue weighted by Crippen LogP contribution is -2.56. The van der Waals surface area contributed by atoms with E-state index in [0.29, 0.717) is 49.4 Å². The number of nitrogens with one attached hydrogen (secondary N) is 1. The van der Waals surface area contributed by atoms with E-state index < -0.39 is 0 Å². The fourth-order valence-electron chi connectivity index (χ4n) is 3.99. The minimum Gasteiger partial charge on any atom is -0.492 e. The van der Waals surface area contributed by atoms with Gasteiger partial charge in [-0.3, -0.25) is 4.79 Å². The van der Waals surface area contributed by atoms with Crippen LogP contribution in [0.4, 0.5) is 10.5 Å². The molecule has 1 N–H and O–H groups in total. The number of hydrogen-bond acceptors (Lipinski definition) is 6. The van der Waals surface area contributed by atoms with Crippen LogP contribution in [0.3, 0.4) is 0 Å². The predicted molar refractivity (Wildman–Crippen MR) is 128 cm³/mol. The van der Waals surface area contributed by atoms with E-state index in [1.165, 1.54) is 0 Å². The number of urea groups is 1. The lowest BCUT2D eigenvalue weighted by molar-refractivity contribution is -0.132. The number of ether oxygens (including phenoxy) is 1. The van der Waals surface area contributed by atoms with Crippen molar-refractivity contribution in [2.75, 3.05) is 31.6 Å². The van der Waals surface area contributed by atoms with E-state index in [1.807, 2.05) is 69.3 Å². The van der Waals surface area contributed by atoms with Crippen LogP contribution in [-0.4, -0.2) is 64.2 Å². The zero-order chi connectivity index (χ0) is 24.1. The third-order valence-corrected chi connectivity index (χ3v) is 5.71. The van der Waals surface area contributed by atoms with E-state index in [9.17, 15) is 9.59 Å². The summed E-state index contributed by atoms with van der Waals surface area (Å²) in [5.41, 5.74) is 2.54. The molecule has 3 aromatic rings.